The summed E-state index contributed by atoms with van der Waals surface area (Å²) in [7, 11) is 3.45. The average molecular weight is 272 g/mol. The number of aryl methyl sites for hydroxylation is 1. The van der Waals surface area contributed by atoms with E-state index >= 15 is 0 Å². The van der Waals surface area contributed by atoms with E-state index in [2.05, 4.69) is 15.6 Å². The summed E-state index contributed by atoms with van der Waals surface area (Å²) in [5, 5.41) is 7.27. The van der Waals surface area contributed by atoms with Gasteiger partial charge in [0, 0.05) is 44.0 Å². The van der Waals surface area contributed by atoms with Crippen molar-refractivity contribution in [3.63, 3.8) is 0 Å². The highest BCUT2D eigenvalue weighted by atomic mass is 16.2. The van der Waals surface area contributed by atoms with E-state index < -0.39 is 0 Å². The fraction of sp³-hybridized carbons (Fsp3) is 0.333. The number of carbonyl (C=O) groups excluding carboxylic acids is 1. The lowest BCUT2D eigenvalue weighted by molar-refractivity contribution is 0.218. The molecular formula is C15H20N4O. The van der Waals surface area contributed by atoms with Gasteiger partial charge in [-0.25, -0.2) is 4.79 Å². The number of anilines is 1. The van der Waals surface area contributed by atoms with Gasteiger partial charge in [0.2, 0.25) is 0 Å². The van der Waals surface area contributed by atoms with E-state index in [1.807, 2.05) is 37.3 Å². The van der Waals surface area contributed by atoms with Gasteiger partial charge in [-0.3, -0.25) is 4.98 Å². The summed E-state index contributed by atoms with van der Waals surface area (Å²) in [6.45, 7) is 3.23. The predicted molar refractivity (Wildman–Crippen MR) is 82.1 cm³/mol. The van der Waals surface area contributed by atoms with Crippen LogP contribution >= 0.6 is 0 Å². The van der Waals surface area contributed by atoms with Crippen LogP contribution in [0.5, 0.6) is 0 Å². The Kier molecular flexibility index (Phi) is 4.40. The van der Waals surface area contributed by atoms with E-state index in [1.165, 1.54) is 4.90 Å². The van der Waals surface area contributed by atoms with Crippen LogP contribution in [-0.2, 0) is 0 Å². The first-order chi connectivity index (χ1) is 9.58. The number of aromatic nitrogens is 1. The molecule has 20 heavy (non-hydrogen) atoms. The lowest BCUT2D eigenvalue weighted by atomic mass is 10.1. The van der Waals surface area contributed by atoms with Crippen LogP contribution in [0.1, 0.15) is 5.69 Å². The highest BCUT2D eigenvalue weighted by Crippen LogP contribution is 2.22. The van der Waals surface area contributed by atoms with Crippen molar-refractivity contribution >= 4 is 22.6 Å². The van der Waals surface area contributed by atoms with E-state index in [1.54, 1.807) is 14.1 Å². The van der Waals surface area contributed by atoms with Crippen molar-refractivity contribution in [3.8, 4) is 0 Å². The summed E-state index contributed by atoms with van der Waals surface area (Å²) in [5.74, 6) is 0. The number of nitrogens with zero attached hydrogens (tertiary/aromatic N) is 2. The Morgan fingerprint density at radius 3 is 2.75 bits per heavy atom. The monoisotopic (exact) mass is 272 g/mol. The SMILES string of the molecule is Cc1cc(NCCNC(=O)N(C)C)c2ccccc2n1. The van der Waals surface area contributed by atoms with Gasteiger partial charge in [-0.2, -0.15) is 0 Å². The fourth-order valence-electron chi connectivity index (χ4n) is 1.98. The van der Waals surface area contributed by atoms with Crippen LogP contribution in [0.25, 0.3) is 10.9 Å². The smallest absolute Gasteiger partial charge is 0.316 e. The third-order valence-electron chi connectivity index (χ3n) is 2.97. The van der Waals surface area contributed by atoms with Gasteiger partial charge in [0.25, 0.3) is 0 Å². The van der Waals surface area contributed by atoms with Gasteiger partial charge >= 0.3 is 6.03 Å². The van der Waals surface area contributed by atoms with Gasteiger partial charge in [0.1, 0.15) is 0 Å². The number of para-hydroxylation sites is 1. The van der Waals surface area contributed by atoms with Crippen LogP contribution in [-0.4, -0.2) is 43.1 Å². The first-order valence-corrected chi connectivity index (χ1v) is 6.63. The normalized spacial score (nSPS) is 10.3. The highest BCUT2D eigenvalue weighted by Gasteiger charge is 2.04. The number of rotatable bonds is 4. The maximum absolute atomic E-state index is 11.4. The molecule has 5 nitrogen and oxygen atoms in total. The standard InChI is InChI=1S/C15H20N4O/c1-11-10-14(12-6-4-5-7-13(12)18-11)16-8-9-17-15(20)19(2)3/h4-7,10H,8-9H2,1-3H3,(H,16,18)(H,17,20). The second-order valence-corrected chi connectivity index (χ2v) is 4.88. The Balaban J connectivity index is 2.01. The number of hydrogen-bond donors (Lipinski definition) is 2. The zero-order chi connectivity index (χ0) is 14.5. The van der Waals surface area contributed by atoms with E-state index in [-0.39, 0.29) is 6.03 Å². The Morgan fingerprint density at radius 2 is 2.00 bits per heavy atom. The molecule has 2 amide bonds. The molecule has 0 radical (unpaired) electrons. The van der Waals surface area contributed by atoms with Gasteiger partial charge in [-0.1, -0.05) is 18.2 Å². The Hall–Kier alpha value is -2.30. The van der Waals surface area contributed by atoms with E-state index in [0.717, 1.165) is 22.3 Å². The van der Waals surface area contributed by atoms with Crippen LogP contribution in [0.15, 0.2) is 30.3 Å². The van der Waals surface area contributed by atoms with Crippen LogP contribution < -0.4 is 10.6 Å². The number of fused-ring (bicyclic) bond motifs is 1. The van der Waals surface area contributed by atoms with Crippen molar-refractivity contribution in [2.45, 2.75) is 6.92 Å². The molecule has 2 aromatic rings. The maximum atomic E-state index is 11.4. The summed E-state index contributed by atoms with van der Waals surface area (Å²) in [6, 6.07) is 9.97. The summed E-state index contributed by atoms with van der Waals surface area (Å²) in [6.07, 6.45) is 0. The van der Waals surface area contributed by atoms with Gasteiger partial charge in [0.15, 0.2) is 0 Å². The molecule has 0 atom stereocenters. The van der Waals surface area contributed by atoms with Gasteiger partial charge in [-0.15, -0.1) is 0 Å². The van der Waals surface area contributed by atoms with Crippen molar-refractivity contribution < 1.29 is 4.79 Å². The predicted octanol–water partition coefficient (Wildman–Crippen LogP) is 2.23. The van der Waals surface area contributed by atoms with Crippen molar-refractivity contribution in [2.75, 3.05) is 32.5 Å². The summed E-state index contributed by atoms with van der Waals surface area (Å²) < 4.78 is 0. The quantitative estimate of drug-likeness (QED) is 0.839. The third-order valence-corrected chi connectivity index (χ3v) is 2.97. The molecule has 5 heteroatoms. The van der Waals surface area contributed by atoms with Gasteiger partial charge in [0.05, 0.1) is 5.52 Å². The fourth-order valence-corrected chi connectivity index (χ4v) is 1.98. The van der Waals surface area contributed by atoms with E-state index in [9.17, 15) is 4.79 Å². The second kappa shape index (κ2) is 6.23. The largest absolute Gasteiger partial charge is 0.383 e. The zero-order valence-corrected chi connectivity index (χ0v) is 12.1. The minimum Gasteiger partial charge on any atom is -0.383 e. The molecule has 0 bridgehead atoms. The molecule has 1 aromatic carbocycles. The molecule has 2 N–H and O–H groups in total. The molecule has 0 spiro atoms. The molecule has 1 aromatic heterocycles. The van der Waals surface area contributed by atoms with Crippen molar-refractivity contribution in [3.05, 3.63) is 36.0 Å². The Bertz CT molecular complexity index is 610. The first-order valence-electron chi connectivity index (χ1n) is 6.63. The van der Waals surface area contributed by atoms with Gasteiger partial charge < -0.3 is 15.5 Å². The molecule has 2 rings (SSSR count). The molecule has 106 valence electrons. The third kappa shape index (κ3) is 3.38. The zero-order valence-electron chi connectivity index (χ0n) is 12.1. The van der Waals surface area contributed by atoms with Crippen molar-refractivity contribution in [2.24, 2.45) is 0 Å². The number of benzene rings is 1. The highest BCUT2D eigenvalue weighted by molar-refractivity contribution is 5.91. The van der Waals surface area contributed by atoms with Crippen LogP contribution in [0.4, 0.5) is 10.5 Å². The molecular weight excluding hydrogens is 252 g/mol. The Morgan fingerprint density at radius 1 is 1.25 bits per heavy atom. The van der Waals surface area contributed by atoms with E-state index in [0.29, 0.717) is 13.1 Å². The molecule has 0 fully saturated rings. The topological polar surface area (TPSA) is 57.3 Å². The number of carbonyl (C=O) groups is 1. The number of amides is 2. The molecule has 0 unspecified atom stereocenters. The van der Waals surface area contributed by atoms with E-state index in [4.69, 9.17) is 0 Å². The number of urea groups is 1. The number of hydrogen-bond acceptors (Lipinski definition) is 3. The van der Waals surface area contributed by atoms with Crippen LogP contribution in [0, 0.1) is 6.92 Å². The molecule has 0 aliphatic rings. The maximum Gasteiger partial charge on any atom is 0.316 e. The Labute approximate surface area is 119 Å². The molecule has 0 aliphatic carbocycles. The minimum absolute atomic E-state index is 0.0810. The van der Waals surface area contributed by atoms with Crippen LogP contribution in [0.2, 0.25) is 0 Å². The van der Waals surface area contributed by atoms with Gasteiger partial charge in [-0.05, 0) is 19.1 Å². The van der Waals surface area contributed by atoms with Crippen molar-refractivity contribution in [1.29, 1.82) is 0 Å². The van der Waals surface area contributed by atoms with Crippen molar-refractivity contribution in [1.82, 2.24) is 15.2 Å². The minimum atomic E-state index is -0.0810. The average Bonchev–Trinajstić information content (AvgIpc) is 2.42. The number of pyridine rings is 1. The first kappa shape index (κ1) is 14.1. The molecule has 0 saturated carbocycles. The summed E-state index contributed by atoms with van der Waals surface area (Å²) in [4.78, 5) is 17.4. The van der Waals surface area contributed by atoms with Crippen LogP contribution in [0.3, 0.4) is 0 Å². The molecule has 0 aliphatic heterocycles. The molecule has 1 heterocycles. The number of nitrogens with one attached hydrogen (secondary N) is 2. The lowest BCUT2D eigenvalue weighted by Gasteiger charge is -2.14. The molecule has 0 saturated heterocycles. The summed E-state index contributed by atoms with van der Waals surface area (Å²) in [5.41, 5.74) is 3.00. The second-order valence-electron chi connectivity index (χ2n) is 4.88. The lowest BCUT2D eigenvalue weighted by Crippen LogP contribution is -2.37. The summed E-state index contributed by atoms with van der Waals surface area (Å²) >= 11 is 0.